The van der Waals surface area contributed by atoms with Crippen LogP contribution in [-0.2, 0) is 14.9 Å². The first-order valence-corrected chi connectivity index (χ1v) is 12.7. The lowest BCUT2D eigenvalue weighted by atomic mass is 9.73. The second-order valence-electron chi connectivity index (χ2n) is 9.33. The van der Waals surface area contributed by atoms with Crippen molar-refractivity contribution in [3.8, 4) is 11.5 Å². The highest BCUT2D eigenvalue weighted by molar-refractivity contribution is 5.69. The summed E-state index contributed by atoms with van der Waals surface area (Å²) in [5.41, 5.74) is 1.58. The number of phenolic OH excluding ortho intramolecular Hbond substituents is 2. The molecule has 0 aliphatic rings. The van der Waals surface area contributed by atoms with Gasteiger partial charge >= 0.3 is 5.97 Å². The molecule has 0 unspecified atom stereocenters. The summed E-state index contributed by atoms with van der Waals surface area (Å²) in [6, 6.07) is 14.2. The van der Waals surface area contributed by atoms with E-state index < -0.39 is 5.41 Å². The SMILES string of the molecule is CCCCCCCCCCCCOC(=O)CCC(C)(c1ccc(O)cc1)c1ccc(O)cc1. The van der Waals surface area contributed by atoms with Crippen LogP contribution in [0, 0.1) is 0 Å². The summed E-state index contributed by atoms with van der Waals surface area (Å²) in [5.74, 6) is 0.250. The zero-order chi connectivity index (χ0) is 23.9. The van der Waals surface area contributed by atoms with E-state index in [0.29, 0.717) is 19.4 Å². The van der Waals surface area contributed by atoms with E-state index in [9.17, 15) is 15.0 Å². The van der Waals surface area contributed by atoms with Crippen LogP contribution in [0.25, 0.3) is 0 Å². The highest BCUT2D eigenvalue weighted by Gasteiger charge is 2.30. The fourth-order valence-electron chi connectivity index (χ4n) is 4.31. The quantitative estimate of drug-likeness (QED) is 0.202. The monoisotopic (exact) mass is 454 g/mol. The molecule has 2 N–H and O–H groups in total. The normalized spacial score (nSPS) is 11.5. The first kappa shape index (κ1) is 26.8. The number of carbonyl (C=O) groups is 1. The minimum Gasteiger partial charge on any atom is -0.508 e. The van der Waals surface area contributed by atoms with Crippen molar-refractivity contribution >= 4 is 5.97 Å². The number of ether oxygens (including phenoxy) is 1. The number of unbranched alkanes of at least 4 members (excludes halogenated alkanes) is 9. The largest absolute Gasteiger partial charge is 0.508 e. The molecule has 0 saturated carbocycles. The van der Waals surface area contributed by atoms with Gasteiger partial charge in [-0.3, -0.25) is 4.79 Å². The van der Waals surface area contributed by atoms with Crippen molar-refractivity contribution in [1.29, 1.82) is 0 Å². The minimum atomic E-state index is -0.433. The smallest absolute Gasteiger partial charge is 0.305 e. The van der Waals surface area contributed by atoms with Gasteiger partial charge in [0.25, 0.3) is 0 Å². The second-order valence-corrected chi connectivity index (χ2v) is 9.33. The molecule has 0 atom stereocenters. The zero-order valence-corrected chi connectivity index (χ0v) is 20.5. The number of phenols is 2. The molecule has 0 spiro atoms. The van der Waals surface area contributed by atoms with Crippen LogP contribution in [0.15, 0.2) is 48.5 Å². The van der Waals surface area contributed by atoms with E-state index in [1.54, 1.807) is 24.3 Å². The summed E-state index contributed by atoms with van der Waals surface area (Å²) < 4.78 is 5.50. The molecule has 0 aromatic heterocycles. The summed E-state index contributed by atoms with van der Waals surface area (Å²) in [6.07, 6.45) is 13.5. The Hall–Kier alpha value is -2.49. The average Bonchev–Trinajstić information content (AvgIpc) is 2.82. The Labute approximate surface area is 200 Å². The average molecular weight is 455 g/mol. The van der Waals surface area contributed by atoms with Gasteiger partial charge in [0.05, 0.1) is 6.61 Å². The number of esters is 1. The molecule has 33 heavy (non-hydrogen) atoms. The lowest BCUT2D eigenvalue weighted by Crippen LogP contribution is -2.25. The van der Waals surface area contributed by atoms with Gasteiger partial charge in [0, 0.05) is 11.8 Å². The van der Waals surface area contributed by atoms with E-state index in [1.165, 1.54) is 51.4 Å². The van der Waals surface area contributed by atoms with E-state index in [0.717, 1.165) is 24.0 Å². The summed E-state index contributed by atoms with van der Waals surface area (Å²) >= 11 is 0. The molecule has 0 bridgehead atoms. The predicted octanol–water partition coefficient (Wildman–Crippen LogP) is 7.65. The van der Waals surface area contributed by atoms with Crippen LogP contribution >= 0.6 is 0 Å². The summed E-state index contributed by atoms with van der Waals surface area (Å²) in [5, 5.41) is 19.3. The highest BCUT2D eigenvalue weighted by atomic mass is 16.5. The first-order valence-electron chi connectivity index (χ1n) is 12.7. The summed E-state index contributed by atoms with van der Waals surface area (Å²) in [6.45, 7) is 4.82. The maximum atomic E-state index is 12.4. The molecule has 0 saturated heterocycles. The van der Waals surface area contributed by atoms with Gasteiger partial charge < -0.3 is 14.9 Å². The van der Waals surface area contributed by atoms with Crippen LogP contribution in [0.3, 0.4) is 0 Å². The molecule has 4 nitrogen and oxygen atoms in total. The van der Waals surface area contributed by atoms with Crippen molar-refractivity contribution in [2.45, 2.75) is 96.3 Å². The van der Waals surface area contributed by atoms with Gasteiger partial charge in [-0.25, -0.2) is 0 Å². The van der Waals surface area contributed by atoms with Crippen LogP contribution in [0.1, 0.15) is 102 Å². The Morgan fingerprint density at radius 1 is 0.727 bits per heavy atom. The van der Waals surface area contributed by atoms with E-state index in [1.807, 2.05) is 24.3 Å². The third-order valence-electron chi connectivity index (χ3n) is 6.60. The molecule has 0 aliphatic carbocycles. The van der Waals surface area contributed by atoms with E-state index >= 15 is 0 Å². The minimum absolute atomic E-state index is 0.172. The van der Waals surface area contributed by atoms with Gasteiger partial charge in [0.1, 0.15) is 11.5 Å². The number of aromatic hydroxyl groups is 2. The molecule has 2 aromatic rings. The van der Waals surface area contributed by atoms with E-state index in [2.05, 4.69) is 13.8 Å². The van der Waals surface area contributed by atoms with Gasteiger partial charge in [-0.2, -0.15) is 0 Å². The van der Waals surface area contributed by atoms with Crippen molar-refractivity contribution in [2.75, 3.05) is 6.61 Å². The number of rotatable bonds is 16. The van der Waals surface area contributed by atoms with Gasteiger partial charge in [0.2, 0.25) is 0 Å². The van der Waals surface area contributed by atoms with Crippen molar-refractivity contribution in [2.24, 2.45) is 0 Å². The van der Waals surface area contributed by atoms with E-state index in [4.69, 9.17) is 4.74 Å². The molecular weight excluding hydrogens is 412 g/mol. The number of carbonyl (C=O) groups excluding carboxylic acids is 1. The molecule has 2 rings (SSSR count). The summed E-state index contributed by atoms with van der Waals surface area (Å²) in [4.78, 5) is 12.4. The Morgan fingerprint density at radius 2 is 1.15 bits per heavy atom. The Kier molecular flexibility index (Phi) is 11.9. The number of hydrogen-bond donors (Lipinski definition) is 2. The zero-order valence-electron chi connectivity index (χ0n) is 20.5. The maximum Gasteiger partial charge on any atom is 0.305 e. The van der Waals surface area contributed by atoms with Gasteiger partial charge in [-0.05, 0) is 48.2 Å². The molecular formula is C29H42O4. The summed E-state index contributed by atoms with van der Waals surface area (Å²) in [7, 11) is 0. The fourth-order valence-corrected chi connectivity index (χ4v) is 4.31. The van der Waals surface area contributed by atoms with Crippen LogP contribution in [-0.4, -0.2) is 22.8 Å². The molecule has 0 amide bonds. The van der Waals surface area contributed by atoms with Crippen molar-refractivity contribution < 1.29 is 19.7 Å². The third kappa shape index (κ3) is 9.49. The topological polar surface area (TPSA) is 66.8 Å². The Morgan fingerprint density at radius 3 is 1.61 bits per heavy atom. The van der Waals surface area contributed by atoms with Crippen LogP contribution in [0.5, 0.6) is 11.5 Å². The Balaban J connectivity index is 1.75. The first-order chi connectivity index (χ1) is 16.0. The maximum absolute atomic E-state index is 12.4. The molecule has 0 fully saturated rings. The van der Waals surface area contributed by atoms with Crippen LogP contribution < -0.4 is 0 Å². The highest BCUT2D eigenvalue weighted by Crippen LogP contribution is 2.37. The van der Waals surface area contributed by atoms with Crippen LogP contribution in [0.4, 0.5) is 0 Å². The Bertz CT molecular complexity index is 750. The number of hydrogen-bond acceptors (Lipinski definition) is 4. The molecule has 0 radical (unpaired) electrons. The van der Waals surface area contributed by atoms with E-state index in [-0.39, 0.29) is 17.5 Å². The predicted molar refractivity (Wildman–Crippen MR) is 135 cm³/mol. The van der Waals surface area contributed by atoms with Crippen molar-refractivity contribution in [3.05, 3.63) is 59.7 Å². The second kappa shape index (κ2) is 14.6. The molecule has 0 heterocycles. The van der Waals surface area contributed by atoms with Gasteiger partial charge in [-0.15, -0.1) is 0 Å². The molecule has 4 heteroatoms. The lowest BCUT2D eigenvalue weighted by Gasteiger charge is -2.31. The third-order valence-corrected chi connectivity index (χ3v) is 6.60. The lowest BCUT2D eigenvalue weighted by molar-refractivity contribution is -0.144. The number of benzene rings is 2. The van der Waals surface area contributed by atoms with Crippen molar-refractivity contribution in [1.82, 2.24) is 0 Å². The van der Waals surface area contributed by atoms with Crippen LogP contribution in [0.2, 0.25) is 0 Å². The molecule has 2 aromatic carbocycles. The standard InChI is InChI=1S/C29H42O4/c1-3-4-5-6-7-8-9-10-11-12-23-33-28(32)21-22-29(2,24-13-17-26(30)18-14-24)25-15-19-27(31)20-16-25/h13-20,30-31H,3-12,21-23H2,1-2H3. The molecule has 182 valence electrons. The fraction of sp³-hybridized carbons (Fsp3) is 0.552. The van der Waals surface area contributed by atoms with Gasteiger partial charge in [0.15, 0.2) is 0 Å². The molecule has 0 aliphatic heterocycles. The van der Waals surface area contributed by atoms with Crippen molar-refractivity contribution in [3.63, 3.8) is 0 Å². The van der Waals surface area contributed by atoms with Gasteiger partial charge in [-0.1, -0.05) is 95.9 Å².